The molecule has 2 aromatic carbocycles. The first-order valence-corrected chi connectivity index (χ1v) is 12.3. The van der Waals surface area contributed by atoms with Gasteiger partial charge in [-0.3, -0.25) is 0 Å². The highest BCUT2D eigenvalue weighted by atomic mass is 32.3. The lowest BCUT2D eigenvalue weighted by atomic mass is 9.84. The van der Waals surface area contributed by atoms with E-state index in [0.717, 1.165) is 35.6 Å². The average Bonchev–Trinajstić information content (AvgIpc) is 3.25. The number of imidazole rings is 1. The highest BCUT2D eigenvalue weighted by Gasteiger charge is 2.47. The smallest absolute Gasteiger partial charge is 0.248 e. The Morgan fingerprint density at radius 3 is 2.69 bits per heavy atom. The third-order valence-corrected chi connectivity index (χ3v) is 8.49. The summed E-state index contributed by atoms with van der Waals surface area (Å²) in [6, 6.07) is 18.8. The van der Waals surface area contributed by atoms with Crippen LogP contribution in [0.5, 0.6) is 0 Å². The first-order valence-electron chi connectivity index (χ1n) is 10.6. The average molecular weight is 411 g/mol. The fourth-order valence-electron chi connectivity index (χ4n) is 5.25. The molecule has 2 N–H and O–H groups in total. The number of aromatic nitrogens is 2. The summed E-state index contributed by atoms with van der Waals surface area (Å²) >= 11 is 0. The molecule has 5 unspecified atom stereocenters. The zero-order valence-corrected chi connectivity index (χ0v) is 17.5. The molecule has 2 aliphatic rings. The molecule has 0 bridgehead atoms. The zero-order valence-electron chi connectivity index (χ0n) is 16.7. The monoisotopic (exact) mass is 410 g/mol. The molecule has 0 amide bonds. The van der Waals surface area contributed by atoms with Gasteiger partial charge >= 0.3 is 0 Å². The van der Waals surface area contributed by atoms with E-state index < -0.39 is 10.2 Å². The molecule has 3 aromatic rings. The molecule has 5 rings (SSSR count). The van der Waals surface area contributed by atoms with E-state index in [0.29, 0.717) is 29.4 Å². The van der Waals surface area contributed by atoms with Gasteiger partial charge in [-0.05, 0) is 49.4 Å². The van der Waals surface area contributed by atoms with Gasteiger partial charge < -0.3 is 9.88 Å². The number of nitrogens with zero attached hydrogens (tertiary/aromatic N) is 2. The van der Waals surface area contributed by atoms with Crippen LogP contribution >= 0.6 is 0 Å². The van der Waals surface area contributed by atoms with Gasteiger partial charge in [0.1, 0.15) is 5.82 Å². The van der Waals surface area contributed by atoms with Crippen LogP contribution in [0.25, 0.3) is 11.0 Å². The van der Waals surface area contributed by atoms with Crippen LogP contribution in [0.1, 0.15) is 38.1 Å². The van der Waals surface area contributed by atoms with Crippen LogP contribution in [0.3, 0.4) is 0 Å². The molecule has 5 nitrogen and oxygen atoms in total. The molecular weight excluding hydrogens is 382 g/mol. The maximum atomic E-state index is 12.9. The summed E-state index contributed by atoms with van der Waals surface area (Å²) in [6.45, 7) is 2.25. The number of benzene rings is 2. The van der Waals surface area contributed by atoms with Crippen molar-refractivity contribution >= 4 is 21.2 Å². The van der Waals surface area contributed by atoms with E-state index in [-0.39, 0.29) is 5.75 Å². The second-order valence-electron chi connectivity index (χ2n) is 8.37. The fourth-order valence-corrected chi connectivity index (χ4v) is 6.53. The Balaban J connectivity index is 1.44. The predicted molar refractivity (Wildman–Crippen MR) is 116 cm³/mol. The summed E-state index contributed by atoms with van der Waals surface area (Å²) in [6.07, 6.45) is 3.95. The van der Waals surface area contributed by atoms with E-state index in [2.05, 4.69) is 28.9 Å². The van der Waals surface area contributed by atoms with Crippen molar-refractivity contribution in [1.82, 2.24) is 14.9 Å². The standard InChI is InChI=1S/C23H27N3O2S/c1-2-19-18-14-16(15-21(18)24-19)26-22-11-7-6-10-20(22)25-23(26)12-13-29(27,28)17-8-4-3-5-9-17/h3-11,16,18-19,21,24H,2,12-15H2,1H3/p+1. The number of hydrogen-bond donors (Lipinski definition) is 2. The number of rotatable bonds is 6. The van der Waals surface area contributed by atoms with Crippen LogP contribution in [0.4, 0.5) is 0 Å². The van der Waals surface area contributed by atoms with Crippen LogP contribution < -0.4 is 5.32 Å². The Morgan fingerprint density at radius 2 is 1.90 bits per heavy atom. The van der Waals surface area contributed by atoms with E-state index in [1.54, 1.807) is 12.1 Å². The van der Waals surface area contributed by atoms with Crippen LogP contribution in [0, 0.1) is 5.92 Å². The summed E-state index contributed by atoms with van der Waals surface area (Å²) in [5, 5.41) is 3.71. The second-order valence-corrected chi connectivity index (χ2v) is 10.5. The van der Waals surface area contributed by atoms with Gasteiger partial charge in [-0.1, -0.05) is 41.5 Å². The van der Waals surface area contributed by atoms with Gasteiger partial charge in [0.25, 0.3) is 0 Å². The molecule has 0 spiro atoms. The third kappa shape index (κ3) is 3.33. The van der Waals surface area contributed by atoms with Crippen molar-refractivity contribution in [2.45, 2.75) is 55.6 Å². The SMILES string of the molecule is CCC1NC2CC(n3c(CC[S+](=O)(O)c4ccccc4)nc4ccccc43)CC12. The van der Waals surface area contributed by atoms with Gasteiger partial charge in [0.2, 0.25) is 10.2 Å². The molecule has 6 heteroatoms. The Labute approximate surface area is 172 Å². The summed E-state index contributed by atoms with van der Waals surface area (Å²) in [4.78, 5) is 5.37. The van der Waals surface area contributed by atoms with Gasteiger partial charge in [0.15, 0.2) is 10.6 Å². The molecule has 1 saturated carbocycles. The van der Waals surface area contributed by atoms with E-state index in [4.69, 9.17) is 4.98 Å². The number of fused-ring (bicyclic) bond motifs is 2. The molecular formula is C23H28N3O2S+. The summed E-state index contributed by atoms with van der Waals surface area (Å²) in [7, 11) is -3.07. The quantitative estimate of drug-likeness (QED) is 0.594. The number of hydrogen-bond acceptors (Lipinski definition) is 3. The third-order valence-electron chi connectivity index (χ3n) is 6.72. The summed E-state index contributed by atoms with van der Waals surface area (Å²) in [5.74, 6) is 1.86. The minimum Gasteiger partial charge on any atom is -0.325 e. The zero-order chi connectivity index (χ0) is 20.0. The summed E-state index contributed by atoms with van der Waals surface area (Å²) < 4.78 is 25.9. The molecule has 1 aromatic heterocycles. The molecule has 1 saturated heterocycles. The molecule has 1 aliphatic heterocycles. The van der Waals surface area contributed by atoms with Crippen LogP contribution in [0.15, 0.2) is 59.5 Å². The molecule has 152 valence electrons. The lowest BCUT2D eigenvalue weighted by Crippen LogP contribution is -2.58. The van der Waals surface area contributed by atoms with Gasteiger partial charge in [-0.2, -0.15) is 4.55 Å². The minimum absolute atomic E-state index is 0.190. The highest BCUT2D eigenvalue weighted by Crippen LogP contribution is 2.45. The Morgan fingerprint density at radius 1 is 1.14 bits per heavy atom. The van der Waals surface area contributed by atoms with Gasteiger partial charge in [-0.15, -0.1) is 0 Å². The van der Waals surface area contributed by atoms with E-state index in [9.17, 15) is 8.76 Å². The largest absolute Gasteiger partial charge is 0.325 e. The topological polar surface area (TPSA) is 67.2 Å². The van der Waals surface area contributed by atoms with Crippen molar-refractivity contribution in [3.63, 3.8) is 0 Å². The molecule has 0 radical (unpaired) electrons. The van der Waals surface area contributed by atoms with Gasteiger partial charge in [-0.25, -0.2) is 4.98 Å². The Hall–Kier alpha value is -2.02. The summed E-state index contributed by atoms with van der Waals surface area (Å²) in [5.41, 5.74) is 2.12. The van der Waals surface area contributed by atoms with Crippen molar-refractivity contribution in [3.05, 3.63) is 60.4 Å². The van der Waals surface area contributed by atoms with Crippen LogP contribution in [0.2, 0.25) is 0 Å². The van der Waals surface area contributed by atoms with E-state index in [1.165, 1.54) is 6.42 Å². The van der Waals surface area contributed by atoms with Gasteiger partial charge in [0.05, 0.1) is 17.5 Å². The minimum atomic E-state index is -3.07. The molecule has 2 heterocycles. The van der Waals surface area contributed by atoms with Crippen LogP contribution in [-0.4, -0.2) is 31.9 Å². The van der Waals surface area contributed by atoms with Crippen molar-refractivity contribution in [1.29, 1.82) is 0 Å². The lowest BCUT2D eigenvalue weighted by molar-refractivity contribution is 0.168. The van der Waals surface area contributed by atoms with Crippen molar-refractivity contribution < 1.29 is 8.76 Å². The first-order chi connectivity index (χ1) is 14.1. The van der Waals surface area contributed by atoms with Crippen molar-refractivity contribution in [3.8, 4) is 0 Å². The number of para-hydroxylation sites is 2. The second kappa shape index (κ2) is 7.35. The van der Waals surface area contributed by atoms with Crippen LogP contribution in [-0.2, 0) is 20.8 Å². The van der Waals surface area contributed by atoms with E-state index >= 15 is 0 Å². The maximum absolute atomic E-state index is 12.9. The highest BCUT2D eigenvalue weighted by molar-refractivity contribution is 7.97. The predicted octanol–water partition coefficient (Wildman–Crippen LogP) is 4.31. The maximum Gasteiger partial charge on any atom is 0.248 e. The normalized spacial score (nSPS) is 28.1. The number of nitrogens with one attached hydrogen (secondary N) is 1. The van der Waals surface area contributed by atoms with Crippen molar-refractivity contribution in [2.75, 3.05) is 5.75 Å². The Bertz CT molecular complexity index is 1060. The molecule has 2 fully saturated rings. The lowest BCUT2D eigenvalue weighted by Gasteiger charge is -2.41. The number of aryl methyl sites for hydroxylation is 1. The Kier molecular flexibility index (Phi) is 4.81. The molecule has 5 atom stereocenters. The molecule has 1 aliphatic carbocycles. The fraction of sp³-hybridized carbons (Fsp3) is 0.435. The van der Waals surface area contributed by atoms with Crippen molar-refractivity contribution in [2.24, 2.45) is 5.92 Å². The molecule has 29 heavy (non-hydrogen) atoms. The van der Waals surface area contributed by atoms with Gasteiger partial charge in [0, 0.05) is 18.1 Å². The first kappa shape index (κ1) is 19.0. The van der Waals surface area contributed by atoms with E-state index in [1.807, 2.05) is 30.3 Å².